The lowest BCUT2D eigenvalue weighted by molar-refractivity contribution is 0.0956. The minimum Gasteiger partial charge on any atom is -0.352 e. The SMILES string of the molecule is N=Cc1ccc(C(=O)NCCc2ccc(F)cc2)c2ccccc12. The number of benzene rings is 3. The Bertz CT molecular complexity index is 888. The van der Waals surface area contributed by atoms with Crippen molar-refractivity contribution in [2.75, 3.05) is 6.54 Å². The third kappa shape index (κ3) is 3.33. The van der Waals surface area contributed by atoms with Gasteiger partial charge in [0.05, 0.1) is 0 Å². The van der Waals surface area contributed by atoms with Crippen LogP contribution < -0.4 is 5.32 Å². The summed E-state index contributed by atoms with van der Waals surface area (Å²) in [6, 6.07) is 17.4. The molecule has 0 aromatic heterocycles. The zero-order valence-electron chi connectivity index (χ0n) is 13.1. The van der Waals surface area contributed by atoms with Gasteiger partial charge < -0.3 is 10.7 Å². The molecule has 3 aromatic carbocycles. The van der Waals surface area contributed by atoms with E-state index in [-0.39, 0.29) is 11.7 Å². The molecule has 0 radical (unpaired) electrons. The molecule has 0 aliphatic rings. The van der Waals surface area contributed by atoms with E-state index in [1.165, 1.54) is 18.3 Å². The summed E-state index contributed by atoms with van der Waals surface area (Å²) in [6.45, 7) is 0.477. The molecule has 0 spiro atoms. The highest BCUT2D eigenvalue weighted by Gasteiger charge is 2.11. The van der Waals surface area contributed by atoms with E-state index < -0.39 is 0 Å². The van der Waals surface area contributed by atoms with Gasteiger partial charge in [0.15, 0.2) is 0 Å². The van der Waals surface area contributed by atoms with Gasteiger partial charge in [-0.3, -0.25) is 4.79 Å². The van der Waals surface area contributed by atoms with Crippen molar-refractivity contribution in [3.8, 4) is 0 Å². The molecule has 3 aromatic rings. The molecule has 1 amide bonds. The van der Waals surface area contributed by atoms with E-state index >= 15 is 0 Å². The summed E-state index contributed by atoms with van der Waals surface area (Å²) in [5.74, 6) is -0.412. The number of carbonyl (C=O) groups excluding carboxylic acids is 1. The predicted molar refractivity (Wildman–Crippen MR) is 94.3 cm³/mol. The molecule has 24 heavy (non-hydrogen) atoms. The highest BCUT2D eigenvalue weighted by Crippen LogP contribution is 2.21. The van der Waals surface area contributed by atoms with Crippen molar-refractivity contribution in [3.63, 3.8) is 0 Å². The summed E-state index contributed by atoms with van der Waals surface area (Å²) in [7, 11) is 0. The second-order valence-electron chi connectivity index (χ2n) is 5.52. The summed E-state index contributed by atoms with van der Waals surface area (Å²) in [6.07, 6.45) is 1.93. The number of carbonyl (C=O) groups is 1. The van der Waals surface area contributed by atoms with Crippen LogP contribution in [0.4, 0.5) is 4.39 Å². The van der Waals surface area contributed by atoms with Gasteiger partial charge in [-0.25, -0.2) is 4.39 Å². The van der Waals surface area contributed by atoms with E-state index in [9.17, 15) is 9.18 Å². The molecular formula is C20H17FN2O. The maximum absolute atomic E-state index is 12.9. The third-order valence-electron chi connectivity index (χ3n) is 3.97. The summed E-state index contributed by atoms with van der Waals surface area (Å²) in [5, 5.41) is 12.1. The lowest BCUT2D eigenvalue weighted by Gasteiger charge is -2.10. The summed E-state index contributed by atoms with van der Waals surface area (Å²) in [5.41, 5.74) is 2.35. The molecule has 0 fully saturated rings. The zero-order chi connectivity index (χ0) is 16.9. The molecule has 0 unspecified atom stereocenters. The summed E-state index contributed by atoms with van der Waals surface area (Å²) in [4.78, 5) is 12.5. The fraction of sp³-hybridized carbons (Fsp3) is 0.100. The first kappa shape index (κ1) is 15.9. The Kier molecular flexibility index (Phi) is 4.66. The predicted octanol–water partition coefficient (Wildman–Crippen LogP) is 3.95. The Labute approximate surface area is 139 Å². The van der Waals surface area contributed by atoms with Crippen LogP contribution in [0.15, 0.2) is 60.7 Å². The number of nitrogens with one attached hydrogen (secondary N) is 2. The Balaban J connectivity index is 1.74. The van der Waals surface area contributed by atoms with Gasteiger partial charge >= 0.3 is 0 Å². The van der Waals surface area contributed by atoms with Crippen LogP contribution in [-0.2, 0) is 6.42 Å². The lowest BCUT2D eigenvalue weighted by Crippen LogP contribution is -2.26. The molecule has 4 heteroatoms. The van der Waals surface area contributed by atoms with Crippen LogP contribution in [0, 0.1) is 11.2 Å². The number of rotatable bonds is 5. The molecule has 3 nitrogen and oxygen atoms in total. The van der Waals surface area contributed by atoms with Crippen molar-refractivity contribution >= 4 is 22.9 Å². The second kappa shape index (κ2) is 7.04. The minimum atomic E-state index is -0.263. The summed E-state index contributed by atoms with van der Waals surface area (Å²) >= 11 is 0. The standard InChI is InChI=1S/C20H17FN2O/c21-16-8-5-14(6-9-16)11-12-23-20(24)19-10-7-15(13-22)17-3-1-2-4-18(17)19/h1-10,13,22H,11-12H2,(H,23,24). The van der Waals surface area contributed by atoms with E-state index in [0.717, 1.165) is 21.9 Å². The van der Waals surface area contributed by atoms with Gasteiger partial charge in [0.25, 0.3) is 5.91 Å². The normalized spacial score (nSPS) is 10.5. The number of hydrogen-bond donors (Lipinski definition) is 2. The molecular weight excluding hydrogens is 303 g/mol. The summed E-state index contributed by atoms with van der Waals surface area (Å²) < 4.78 is 12.9. The number of halogens is 1. The van der Waals surface area contributed by atoms with Crippen molar-refractivity contribution in [2.45, 2.75) is 6.42 Å². The first-order valence-corrected chi connectivity index (χ1v) is 7.74. The highest BCUT2D eigenvalue weighted by molar-refractivity contribution is 6.11. The fourth-order valence-corrected chi connectivity index (χ4v) is 2.71. The average Bonchev–Trinajstić information content (AvgIpc) is 2.62. The molecule has 0 aliphatic heterocycles. The van der Waals surface area contributed by atoms with E-state index in [0.29, 0.717) is 18.5 Å². The van der Waals surface area contributed by atoms with Crippen LogP contribution >= 0.6 is 0 Å². The number of fused-ring (bicyclic) bond motifs is 1. The third-order valence-corrected chi connectivity index (χ3v) is 3.97. The van der Waals surface area contributed by atoms with Crippen molar-refractivity contribution in [2.24, 2.45) is 0 Å². The molecule has 2 N–H and O–H groups in total. The van der Waals surface area contributed by atoms with Crippen LogP contribution in [-0.4, -0.2) is 18.7 Å². The Morgan fingerprint density at radius 2 is 1.71 bits per heavy atom. The quantitative estimate of drug-likeness (QED) is 0.687. The van der Waals surface area contributed by atoms with E-state index in [1.54, 1.807) is 24.3 Å². The van der Waals surface area contributed by atoms with Gasteiger partial charge in [0.2, 0.25) is 0 Å². The lowest BCUT2D eigenvalue weighted by atomic mass is 9.99. The molecule has 0 atom stereocenters. The van der Waals surface area contributed by atoms with Crippen LogP contribution in [0.3, 0.4) is 0 Å². The Morgan fingerprint density at radius 1 is 1.00 bits per heavy atom. The van der Waals surface area contributed by atoms with E-state index in [1.807, 2.05) is 24.3 Å². The first-order valence-electron chi connectivity index (χ1n) is 7.74. The molecule has 0 saturated heterocycles. The smallest absolute Gasteiger partial charge is 0.251 e. The van der Waals surface area contributed by atoms with Gasteiger partial charge in [-0.05, 0) is 46.5 Å². The largest absolute Gasteiger partial charge is 0.352 e. The maximum Gasteiger partial charge on any atom is 0.251 e. The van der Waals surface area contributed by atoms with Crippen LogP contribution in [0.2, 0.25) is 0 Å². The highest BCUT2D eigenvalue weighted by atomic mass is 19.1. The zero-order valence-corrected chi connectivity index (χ0v) is 13.1. The Hall–Kier alpha value is -3.01. The molecule has 0 saturated carbocycles. The van der Waals surface area contributed by atoms with Gasteiger partial charge in [-0.15, -0.1) is 0 Å². The Morgan fingerprint density at radius 3 is 2.42 bits per heavy atom. The molecule has 120 valence electrons. The average molecular weight is 320 g/mol. The van der Waals surface area contributed by atoms with Crippen LogP contribution in [0.1, 0.15) is 21.5 Å². The first-order chi connectivity index (χ1) is 11.7. The van der Waals surface area contributed by atoms with E-state index in [4.69, 9.17) is 5.41 Å². The minimum absolute atomic E-state index is 0.148. The van der Waals surface area contributed by atoms with Gasteiger partial charge in [0.1, 0.15) is 5.82 Å². The van der Waals surface area contributed by atoms with Crippen LogP contribution in [0.25, 0.3) is 10.8 Å². The van der Waals surface area contributed by atoms with Gasteiger partial charge in [-0.1, -0.05) is 42.5 Å². The molecule has 0 heterocycles. The maximum atomic E-state index is 12.9. The molecule has 0 aliphatic carbocycles. The van der Waals surface area contributed by atoms with Crippen molar-refractivity contribution < 1.29 is 9.18 Å². The van der Waals surface area contributed by atoms with Crippen molar-refractivity contribution in [1.29, 1.82) is 5.41 Å². The number of hydrogen-bond acceptors (Lipinski definition) is 2. The van der Waals surface area contributed by atoms with E-state index in [2.05, 4.69) is 5.32 Å². The number of amides is 1. The van der Waals surface area contributed by atoms with Gasteiger partial charge in [-0.2, -0.15) is 0 Å². The van der Waals surface area contributed by atoms with Crippen molar-refractivity contribution in [3.05, 3.63) is 83.2 Å². The second-order valence-corrected chi connectivity index (χ2v) is 5.52. The monoisotopic (exact) mass is 320 g/mol. The van der Waals surface area contributed by atoms with Crippen molar-refractivity contribution in [1.82, 2.24) is 5.32 Å². The fourth-order valence-electron chi connectivity index (χ4n) is 2.71. The van der Waals surface area contributed by atoms with Crippen LogP contribution in [0.5, 0.6) is 0 Å². The molecule has 0 bridgehead atoms. The topological polar surface area (TPSA) is 53.0 Å². The van der Waals surface area contributed by atoms with Gasteiger partial charge in [0, 0.05) is 18.3 Å². The molecule has 3 rings (SSSR count).